The van der Waals surface area contributed by atoms with E-state index in [0.29, 0.717) is 5.56 Å². The fraction of sp³-hybridized carbons (Fsp3) is 0. The first-order valence-corrected chi connectivity index (χ1v) is 16.1. The number of furan rings is 1. The van der Waals surface area contributed by atoms with Gasteiger partial charge >= 0.3 is 0 Å². The summed E-state index contributed by atoms with van der Waals surface area (Å²) in [4.78, 5) is 0. The normalized spacial score (nSPS) is 14.2. The first-order valence-electron chi connectivity index (χ1n) is 20.6. The smallest absolute Gasteiger partial charge is 0.143 e. The Morgan fingerprint density at radius 1 is 0.347 bits per heavy atom. The Bertz CT molecular complexity index is 3270. The molecule has 0 amide bonds. The minimum Gasteiger partial charge on any atom is -0.455 e. The molecule has 228 valence electrons. The van der Waals surface area contributed by atoms with E-state index >= 15 is 0 Å². The van der Waals surface area contributed by atoms with E-state index in [4.69, 9.17) is 16.8 Å². The van der Waals surface area contributed by atoms with E-state index in [1.165, 1.54) is 0 Å². The van der Waals surface area contributed by atoms with Crippen LogP contribution >= 0.6 is 0 Å². The number of fused-ring (bicyclic) bond motifs is 7. The van der Waals surface area contributed by atoms with Crippen LogP contribution in [0.2, 0.25) is 0 Å². The maximum atomic E-state index is 8.96. The summed E-state index contributed by atoms with van der Waals surface area (Å²) >= 11 is 0. The fourth-order valence-electron chi connectivity index (χ4n) is 7.17. The van der Waals surface area contributed by atoms with Crippen molar-refractivity contribution in [2.45, 2.75) is 0 Å². The molecule has 1 heterocycles. The highest BCUT2D eigenvalue weighted by Gasteiger charge is 2.18. The topological polar surface area (TPSA) is 13.1 Å². The van der Waals surface area contributed by atoms with Crippen LogP contribution in [0.5, 0.6) is 0 Å². The van der Waals surface area contributed by atoms with Gasteiger partial charge in [-0.3, -0.25) is 0 Å². The van der Waals surface area contributed by atoms with Crippen molar-refractivity contribution < 1.29 is 16.8 Å². The zero-order chi connectivity index (χ0) is 40.1. The van der Waals surface area contributed by atoms with E-state index in [1.807, 2.05) is 48.5 Å². The molecule has 0 aliphatic heterocycles. The van der Waals surface area contributed by atoms with Crippen LogP contribution in [0.4, 0.5) is 0 Å². The summed E-state index contributed by atoms with van der Waals surface area (Å²) in [6, 6.07) is 38.3. The van der Waals surface area contributed by atoms with Crippen molar-refractivity contribution in [3.63, 3.8) is 0 Å². The number of hydrogen-bond donors (Lipinski definition) is 0. The Morgan fingerprint density at radius 3 is 1.51 bits per heavy atom. The van der Waals surface area contributed by atoms with Gasteiger partial charge in [-0.25, -0.2) is 0 Å². The highest BCUT2D eigenvalue weighted by molar-refractivity contribution is 6.22. The van der Waals surface area contributed by atoms with E-state index in [9.17, 15) is 0 Å². The van der Waals surface area contributed by atoms with Gasteiger partial charge in [0.15, 0.2) is 0 Å². The first kappa shape index (κ1) is 20.0. The van der Waals surface area contributed by atoms with Gasteiger partial charge in [0.25, 0.3) is 0 Å². The third kappa shape index (κ3) is 4.47. The van der Waals surface area contributed by atoms with Gasteiger partial charge in [-0.05, 0) is 89.6 Å². The van der Waals surface area contributed by atoms with Crippen LogP contribution in [0.3, 0.4) is 0 Å². The second kappa shape index (κ2) is 11.1. The Morgan fingerprint density at radius 2 is 0.857 bits per heavy atom. The van der Waals surface area contributed by atoms with Crippen molar-refractivity contribution >= 4 is 54.3 Å². The summed E-state index contributed by atoms with van der Waals surface area (Å²) in [7, 11) is 0. The quantitative estimate of drug-likeness (QED) is 0.176. The number of hydrogen-bond acceptors (Lipinski definition) is 1. The standard InChI is InChI=1S/C48H30O/c1-2-10-31(11-3-1)32-18-20-33(21-19-32)34-22-24-36(25-23-34)46-39-14-6-8-16-41(39)47(42-17-9-7-15-40(42)46)37-27-29-45-44(30-37)43-28-26-35-12-4-5-13-38(35)48(43)49-45/h1-30H/i1D,2D,3D,10D,11D,18D,19D,20D,21D. The van der Waals surface area contributed by atoms with Crippen LogP contribution in [-0.2, 0) is 0 Å². The summed E-state index contributed by atoms with van der Waals surface area (Å²) in [6.07, 6.45) is 0. The summed E-state index contributed by atoms with van der Waals surface area (Å²) in [5.74, 6) is 0. The summed E-state index contributed by atoms with van der Waals surface area (Å²) < 4.78 is 83.1. The number of benzene rings is 9. The van der Waals surface area contributed by atoms with Crippen molar-refractivity contribution in [3.8, 4) is 44.5 Å². The molecule has 10 aromatic rings. The SMILES string of the molecule is [2H]c1c([2H])c([2H])c(-c2c([2H])c([2H])c(-c3ccc(-c4c5ccccc5c(-c5ccc6oc7c8ccccc8ccc7c6c5)c5ccccc45)cc3)c([2H])c2[2H])c([2H])c1[2H]. The molecular weight excluding hydrogens is 593 g/mol. The van der Waals surface area contributed by atoms with Gasteiger partial charge in [-0.1, -0.05) is 164 Å². The average Bonchev–Trinajstić information content (AvgIpc) is 3.63. The van der Waals surface area contributed by atoms with Crippen LogP contribution in [0.15, 0.2) is 186 Å². The average molecular weight is 632 g/mol. The maximum Gasteiger partial charge on any atom is 0.143 e. The molecule has 1 heteroatoms. The number of rotatable bonds is 4. The first-order chi connectivity index (χ1) is 28.0. The Hall–Kier alpha value is -6.44. The minimum absolute atomic E-state index is 0.0536. The van der Waals surface area contributed by atoms with Gasteiger partial charge in [0.05, 0.1) is 12.3 Å². The molecule has 0 bridgehead atoms. The Labute approximate surface area is 297 Å². The second-order valence-corrected chi connectivity index (χ2v) is 12.1. The molecule has 0 unspecified atom stereocenters. The molecule has 0 saturated carbocycles. The van der Waals surface area contributed by atoms with E-state index in [1.54, 1.807) is 12.1 Å². The highest BCUT2D eigenvalue weighted by atomic mass is 16.3. The third-order valence-electron chi connectivity index (χ3n) is 9.42. The van der Waals surface area contributed by atoms with Gasteiger partial charge < -0.3 is 4.42 Å². The molecule has 0 aliphatic rings. The lowest BCUT2D eigenvalue weighted by atomic mass is 9.85. The van der Waals surface area contributed by atoms with Crippen LogP contribution in [-0.4, -0.2) is 0 Å². The monoisotopic (exact) mass is 631 g/mol. The second-order valence-electron chi connectivity index (χ2n) is 12.1. The molecule has 49 heavy (non-hydrogen) atoms. The van der Waals surface area contributed by atoms with E-state index in [0.717, 1.165) is 76.5 Å². The molecule has 0 atom stereocenters. The van der Waals surface area contributed by atoms with Crippen LogP contribution in [0.1, 0.15) is 12.3 Å². The molecular formula is C48H30O. The molecule has 0 spiro atoms. The molecule has 0 radical (unpaired) electrons. The summed E-state index contributed by atoms with van der Waals surface area (Å²) in [6.45, 7) is 0. The van der Waals surface area contributed by atoms with Crippen LogP contribution < -0.4 is 0 Å². The lowest BCUT2D eigenvalue weighted by Crippen LogP contribution is -1.91. The van der Waals surface area contributed by atoms with Gasteiger partial charge in [-0.15, -0.1) is 0 Å². The van der Waals surface area contributed by atoms with Crippen molar-refractivity contribution in [1.29, 1.82) is 0 Å². The third-order valence-corrected chi connectivity index (χ3v) is 9.42. The molecule has 9 aromatic carbocycles. The van der Waals surface area contributed by atoms with Crippen molar-refractivity contribution in [2.24, 2.45) is 0 Å². The molecule has 0 fully saturated rings. The largest absolute Gasteiger partial charge is 0.455 e. The summed E-state index contributed by atoms with van der Waals surface area (Å²) in [5, 5.41) is 8.53. The van der Waals surface area contributed by atoms with Crippen LogP contribution in [0, 0.1) is 0 Å². The highest BCUT2D eigenvalue weighted by Crippen LogP contribution is 2.45. The molecule has 10 rings (SSSR count). The predicted molar refractivity (Wildman–Crippen MR) is 208 cm³/mol. The Kier molecular flexibility index (Phi) is 4.53. The summed E-state index contributed by atoms with van der Waals surface area (Å²) in [5.41, 5.74) is 5.58. The van der Waals surface area contributed by atoms with Gasteiger partial charge in [0, 0.05) is 16.2 Å². The zero-order valence-corrected chi connectivity index (χ0v) is 26.0. The lowest BCUT2D eigenvalue weighted by Gasteiger charge is -2.18. The molecule has 1 aromatic heterocycles. The van der Waals surface area contributed by atoms with Crippen molar-refractivity contribution in [1.82, 2.24) is 0 Å². The van der Waals surface area contributed by atoms with Gasteiger partial charge in [0.1, 0.15) is 11.2 Å². The minimum atomic E-state index is -0.609. The zero-order valence-electron chi connectivity index (χ0n) is 35.0. The van der Waals surface area contributed by atoms with Crippen molar-refractivity contribution in [3.05, 3.63) is 182 Å². The van der Waals surface area contributed by atoms with Gasteiger partial charge in [0.2, 0.25) is 0 Å². The maximum absolute atomic E-state index is 8.96. The molecule has 1 nitrogen and oxygen atoms in total. The molecule has 0 aliphatic carbocycles. The molecule has 0 N–H and O–H groups in total. The molecule has 0 saturated heterocycles. The lowest BCUT2D eigenvalue weighted by molar-refractivity contribution is 0.672. The Balaban J connectivity index is 1.12. The predicted octanol–water partition coefficient (Wildman–Crippen LogP) is 13.7. The van der Waals surface area contributed by atoms with E-state index in [-0.39, 0.29) is 28.8 Å². The van der Waals surface area contributed by atoms with Crippen LogP contribution in [0.25, 0.3) is 98.8 Å². The van der Waals surface area contributed by atoms with E-state index < -0.39 is 42.3 Å². The van der Waals surface area contributed by atoms with Gasteiger partial charge in [-0.2, -0.15) is 0 Å². The van der Waals surface area contributed by atoms with Crippen molar-refractivity contribution in [2.75, 3.05) is 0 Å². The van der Waals surface area contributed by atoms with E-state index in [2.05, 4.69) is 66.7 Å². The fourth-order valence-corrected chi connectivity index (χ4v) is 7.17.